The van der Waals surface area contributed by atoms with Gasteiger partial charge in [0.25, 0.3) is 0 Å². The molecule has 10 atom stereocenters. The molecule has 0 spiro atoms. The van der Waals surface area contributed by atoms with Crippen molar-refractivity contribution >= 4 is 96.5 Å². The maximum atomic E-state index is 15.0. The van der Waals surface area contributed by atoms with Crippen molar-refractivity contribution in [3.63, 3.8) is 0 Å². The molecular formula is C59H71N11O12S2. The van der Waals surface area contributed by atoms with Crippen LogP contribution in [0.1, 0.15) is 60.2 Å². The molecule has 1 aliphatic heterocycles. The van der Waals surface area contributed by atoms with E-state index in [2.05, 4.69) is 52.5 Å². The highest BCUT2D eigenvalue weighted by Gasteiger charge is 2.36. The number of hydrogen-bond donors (Lipinski definition) is 14. The zero-order valence-corrected chi connectivity index (χ0v) is 47.9. The molecule has 2 unspecified atom stereocenters. The molecule has 1 fully saturated rings. The molecule has 4 aromatic carbocycles. The minimum absolute atomic E-state index is 0.0517. The number of fused-ring (bicyclic) bond motifs is 2. The van der Waals surface area contributed by atoms with Gasteiger partial charge in [0.15, 0.2) is 0 Å². The third kappa shape index (κ3) is 18.2. The smallest absolute Gasteiger partial charge is 0.335 e. The van der Waals surface area contributed by atoms with Crippen LogP contribution in [-0.2, 0) is 52.8 Å². The van der Waals surface area contributed by atoms with E-state index in [0.717, 1.165) is 43.4 Å². The maximum Gasteiger partial charge on any atom is 0.335 e. The van der Waals surface area contributed by atoms with Crippen LogP contribution in [-0.4, -0.2) is 163 Å². The maximum absolute atomic E-state index is 15.0. The fourth-order valence-electron chi connectivity index (χ4n) is 9.27. The van der Waals surface area contributed by atoms with Gasteiger partial charge in [0.05, 0.1) is 42.0 Å². The average Bonchev–Trinajstić information content (AvgIpc) is 4.03. The van der Waals surface area contributed by atoms with Crippen LogP contribution in [0.25, 0.3) is 21.8 Å². The van der Waals surface area contributed by atoms with Crippen molar-refractivity contribution in [2.45, 2.75) is 113 Å². The Morgan fingerprint density at radius 1 is 0.714 bits per heavy atom. The average molecular weight is 1190 g/mol. The molecule has 446 valence electrons. The molecule has 2 aromatic heterocycles. The van der Waals surface area contributed by atoms with Crippen molar-refractivity contribution in [3.8, 4) is 0 Å². The third-order valence-corrected chi connectivity index (χ3v) is 16.5. The summed E-state index contributed by atoms with van der Waals surface area (Å²) in [6.07, 6.45) is -0.613. The van der Waals surface area contributed by atoms with Gasteiger partial charge in [-0.1, -0.05) is 107 Å². The van der Waals surface area contributed by atoms with Gasteiger partial charge in [-0.05, 0) is 86.6 Å². The second kappa shape index (κ2) is 31.0. The Bertz CT molecular complexity index is 3250. The molecule has 1 aliphatic rings. The molecule has 84 heavy (non-hydrogen) atoms. The number of unbranched alkanes of at least 4 members (excludes halogenated alkanes) is 1. The lowest BCUT2D eigenvalue weighted by molar-refractivity contribution is -0.136. The summed E-state index contributed by atoms with van der Waals surface area (Å²) in [6, 6.07) is 22.2. The van der Waals surface area contributed by atoms with Crippen molar-refractivity contribution in [1.29, 1.82) is 0 Å². The number of nitrogens with zero attached hydrogens (tertiary/aromatic N) is 1. The Hall–Kier alpha value is -8.07. The van der Waals surface area contributed by atoms with Gasteiger partial charge in [-0.3, -0.25) is 33.6 Å². The van der Waals surface area contributed by atoms with E-state index < -0.39 is 114 Å². The summed E-state index contributed by atoms with van der Waals surface area (Å²) in [5.74, 6) is -6.96. The monoisotopic (exact) mass is 1190 g/mol. The lowest BCUT2D eigenvalue weighted by Gasteiger charge is -2.29. The van der Waals surface area contributed by atoms with E-state index in [-0.39, 0.29) is 49.2 Å². The molecule has 0 bridgehead atoms. The number of carboxylic acids is 1. The summed E-state index contributed by atoms with van der Waals surface area (Å²) in [6.45, 7) is 2.22. The number of nitrogens with one attached hydrogen (secondary N) is 9. The highest BCUT2D eigenvalue weighted by atomic mass is 33.1. The Morgan fingerprint density at radius 3 is 2.04 bits per heavy atom. The van der Waals surface area contributed by atoms with E-state index in [0.29, 0.717) is 35.4 Å². The van der Waals surface area contributed by atoms with Crippen LogP contribution in [0, 0.1) is 0 Å². The molecule has 1 saturated heterocycles. The Balaban J connectivity index is 1.23. The SMILES string of the molecule is CC(O)C(CO)NC(=O)[C@@H]1CSSC[C@H](NC(=O)[C@H](N)Cc2ccccc2)C(=O)N[C@@H](Cc2ccccc2)C(=O)N[C@H](Cc2c[nH]c3ccccc23)C(=O)N[C@@H](CCCCNc2ccc3ccc(C(=O)O)cc3n2)C(=O)N[C@@H]([C@@H](C)O)C(=O)N1. The molecule has 0 aliphatic carbocycles. The van der Waals surface area contributed by atoms with Crippen LogP contribution in [0.2, 0.25) is 0 Å². The second-order valence-corrected chi connectivity index (χ2v) is 23.1. The predicted molar refractivity (Wildman–Crippen MR) is 320 cm³/mol. The molecule has 6 aromatic rings. The Kier molecular flexibility index (Phi) is 23.4. The summed E-state index contributed by atoms with van der Waals surface area (Å²) < 4.78 is 0. The first-order valence-electron chi connectivity index (χ1n) is 27.5. The highest BCUT2D eigenvalue weighted by Crippen LogP contribution is 2.25. The van der Waals surface area contributed by atoms with E-state index in [1.807, 2.05) is 30.3 Å². The summed E-state index contributed by atoms with van der Waals surface area (Å²) in [4.78, 5) is 121. The number of nitrogens with two attached hydrogens (primary N) is 1. The van der Waals surface area contributed by atoms with Crippen LogP contribution in [0.5, 0.6) is 0 Å². The number of carboxylic acid groups (broad SMARTS) is 1. The fourth-order valence-corrected chi connectivity index (χ4v) is 11.6. The zero-order valence-electron chi connectivity index (χ0n) is 46.3. The first-order chi connectivity index (χ1) is 40.4. The lowest BCUT2D eigenvalue weighted by atomic mass is 10.0. The number of aromatic amines is 1. The van der Waals surface area contributed by atoms with Crippen LogP contribution < -0.4 is 48.3 Å². The Labute approximate surface area is 492 Å². The number of pyridine rings is 1. The number of aliphatic hydroxyl groups excluding tert-OH is 3. The number of aromatic carboxylic acids is 1. The van der Waals surface area contributed by atoms with Gasteiger partial charge in [-0.2, -0.15) is 0 Å². The number of H-pyrrole nitrogens is 1. The number of aromatic nitrogens is 2. The van der Waals surface area contributed by atoms with Crippen molar-refractivity contribution in [2.24, 2.45) is 5.73 Å². The fraction of sp³-hybridized carbons (Fsp3) is 0.373. The van der Waals surface area contributed by atoms with Crippen LogP contribution in [0.4, 0.5) is 5.82 Å². The summed E-state index contributed by atoms with van der Waals surface area (Å²) >= 11 is 0. The number of hydrogen-bond acceptors (Lipinski definition) is 16. The van der Waals surface area contributed by atoms with Gasteiger partial charge in [-0.25, -0.2) is 9.78 Å². The molecule has 23 nitrogen and oxygen atoms in total. The number of amides is 7. The number of carbonyl (C=O) groups excluding carboxylic acids is 7. The Morgan fingerprint density at radius 2 is 1.35 bits per heavy atom. The minimum atomic E-state index is -1.73. The molecule has 7 amide bonds. The molecule has 15 N–H and O–H groups in total. The van der Waals surface area contributed by atoms with Gasteiger partial charge in [0.1, 0.15) is 42.1 Å². The lowest BCUT2D eigenvalue weighted by Crippen LogP contribution is -2.62. The third-order valence-electron chi connectivity index (χ3n) is 14.1. The summed E-state index contributed by atoms with van der Waals surface area (Å²) in [5, 5.41) is 64.5. The minimum Gasteiger partial charge on any atom is -0.478 e. The molecule has 7 rings (SSSR count). The van der Waals surface area contributed by atoms with Gasteiger partial charge in [-0.15, -0.1) is 0 Å². The molecule has 3 heterocycles. The number of para-hydroxylation sites is 1. The van der Waals surface area contributed by atoms with E-state index in [4.69, 9.17) is 5.73 Å². The number of benzene rings is 4. The van der Waals surface area contributed by atoms with Crippen LogP contribution in [0.15, 0.2) is 121 Å². The topological polar surface area (TPSA) is 368 Å². The zero-order chi connectivity index (χ0) is 60.3. The van der Waals surface area contributed by atoms with E-state index in [9.17, 15) is 54.0 Å². The van der Waals surface area contributed by atoms with Crippen LogP contribution in [0.3, 0.4) is 0 Å². The summed E-state index contributed by atoms with van der Waals surface area (Å²) in [7, 11) is 2.02. The number of carbonyl (C=O) groups is 8. The second-order valence-electron chi connectivity index (χ2n) is 20.5. The predicted octanol–water partition coefficient (Wildman–Crippen LogP) is 1.59. The number of anilines is 1. The molecular weight excluding hydrogens is 1120 g/mol. The van der Waals surface area contributed by atoms with Crippen LogP contribution >= 0.6 is 21.6 Å². The quantitative estimate of drug-likeness (QED) is 0.0381. The molecule has 0 radical (unpaired) electrons. The number of rotatable bonds is 20. The summed E-state index contributed by atoms with van der Waals surface area (Å²) in [5.41, 5.74) is 9.67. The van der Waals surface area contributed by atoms with E-state index >= 15 is 4.79 Å². The molecule has 25 heteroatoms. The van der Waals surface area contributed by atoms with Crippen molar-refractivity contribution < 1.29 is 58.8 Å². The van der Waals surface area contributed by atoms with Crippen molar-refractivity contribution in [2.75, 3.05) is 30.0 Å². The van der Waals surface area contributed by atoms with Gasteiger partial charge in [0.2, 0.25) is 41.4 Å². The largest absolute Gasteiger partial charge is 0.478 e. The van der Waals surface area contributed by atoms with Gasteiger partial charge in [0, 0.05) is 53.4 Å². The first kappa shape index (κ1) is 63.5. The first-order valence-corrected chi connectivity index (χ1v) is 30.0. The highest BCUT2D eigenvalue weighted by molar-refractivity contribution is 8.76. The van der Waals surface area contributed by atoms with Gasteiger partial charge >= 0.3 is 5.97 Å². The van der Waals surface area contributed by atoms with E-state index in [1.54, 1.807) is 79.0 Å². The normalized spacial score (nSPS) is 21.0. The molecule has 0 saturated carbocycles. The van der Waals surface area contributed by atoms with Gasteiger partial charge < -0.3 is 73.7 Å². The van der Waals surface area contributed by atoms with E-state index in [1.165, 1.54) is 26.0 Å². The van der Waals surface area contributed by atoms with Crippen molar-refractivity contribution in [1.82, 2.24) is 47.2 Å². The standard InChI is InChI=1S/C59H71N11O12S2/c1-33(72)47(30-71)67-57(79)49-32-84-83-31-48(68-52(74)41(60)25-35-13-5-3-6-14-35)56(78)65-45(26-36-15-7-4-8-16-36)54(76)66-46(28-39-29-62-42-18-10-9-17-40(39)42)55(77)64-43(53(75)70-51(34(2)73)58(80)69-49)19-11-12-24-61-50-23-22-37-20-21-38(59(81)82)27-44(37)63-50/h3-10,13-18,20-23,27,29,33-34,41,43,45-49,51,62,71-73H,11-12,19,24-26,28,30-32,60H2,1-2H3,(H,61,63)(H,64,77)(H,65,78)(H,66,76)(H,67,79)(H,68,74)(H,69,80)(H,70,75)(H,81,82)/t33?,34-,41-,43+,45+,46-,47?,48+,49+,51+/m1/s1. The van der Waals surface area contributed by atoms with Crippen molar-refractivity contribution in [3.05, 3.63) is 144 Å². The number of aliphatic hydroxyl groups is 3.